The lowest BCUT2D eigenvalue weighted by molar-refractivity contribution is 0.172. The SMILES string of the molecule is CCc1cccc(OCCCOC)c1. The smallest absolute Gasteiger partial charge is 0.119 e. The molecule has 0 aliphatic carbocycles. The lowest BCUT2D eigenvalue weighted by atomic mass is 10.2. The van der Waals surface area contributed by atoms with E-state index in [0.717, 1.165) is 31.8 Å². The number of aryl methyl sites for hydroxylation is 1. The van der Waals surface area contributed by atoms with Crippen LogP contribution in [0.25, 0.3) is 0 Å². The summed E-state index contributed by atoms with van der Waals surface area (Å²) in [7, 11) is 1.71. The van der Waals surface area contributed by atoms with E-state index in [1.807, 2.05) is 12.1 Å². The summed E-state index contributed by atoms with van der Waals surface area (Å²) in [6, 6.07) is 8.23. The van der Waals surface area contributed by atoms with Crippen LogP contribution in [0, 0.1) is 0 Å². The Balaban J connectivity index is 2.34. The lowest BCUT2D eigenvalue weighted by Crippen LogP contribution is -2.01. The molecule has 0 radical (unpaired) electrons. The molecule has 1 rings (SSSR count). The fourth-order valence-corrected chi connectivity index (χ4v) is 1.25. The molecule has 0 saturated carbocycles. The van der Waals surface area contributed by atoms with E-state index in [4.69, 9.17) is 9.47 Å². The van der Waals surface area contributed by atoms with Gasteiger partial charge in [0.15, 0.2) is 0 Å². The first-order chi connectivity index (χ1) is 6.86. The van der Waals surface area contributed by atoms with Crippen molar-refractivity contribution in [3.63, 3.8) is 0 Å². The third kappa shape index (κ3) is 3.79. The van der Waals surface area contributed by atoms with Crippen LogP contribution in [0.15, 0.2) is 24.3 Å². The summed E-state index contributed by atoms with van der Waals surface area (Å²) in [6.07, 6.45) is 1.99. The first kappa shape index (κ1) is 11.1. The largest absolute Gasteiger partial charge is 0.493 e. The van der Waals surface area contributed by atoms with Gasteiger partial charge in [-0.15, -0.1) is 0 Å². The molecule has 0 amide bonds. The summed E-state index contributed by atoms with van der Waals surface area (Å²) >= 11 is 0. The molecule has 0 heterocycles. The van der Waals surface area contributed by atoms with Crippen molar-refractivity contribution in [1.82, 2.24) is 0 Å². The zero-order valence-electron chi connectivity index (χ0n) is 8.95. The fraction of sp³-hybridized carbons (Fsp3) is 0.500. The van der Waals surface area contributed by atoms with Crippen LogP contribution in [0.4, 0.5) is 0 Å². The van der Waals surface area contributed by atoms with Gasteiger partial charge in [-0.3, -0.25) is 0 Å². The van der Waals surface area contributed by atoms with Gasteiger partial charge < -0.3 is 9.47 Å². The Morgan fingerprint density at radius 2 is 2.07 bits per heavy atom. The van der Waals surface area contributed by atoms with Crippen LogP contribution in [0.1, 0.15) is 18.9 Å². The molecular formula is C12H18O2. The zero-order valence-corrected chi connectivity index (χ0v) is 8.95. The second-order valence-electron chi connectivity index (χ2n) is 3.20. The first-order valence-corrected chi connectivity index (χ1v) is 5.07. The van der Waals surface area contributed by atoms with Crippen molar-refractivity contribution in [3.05, 3.63) is 29.8 Å². The molecule has 0 aliphatic rings. The summed E-state index contributed by atoms with van der Waals surface area (Å²) in [6.45, 7) is 3.62. The lowest BCUT2D eigenvalue weighted by Gasteiger charge is -2.06. The van der Waals surface area contributed by atoms with Crippen LogP contribution in [-0.4, -0.2) is 20.3 Å². The Bertz CT molecular complexity index is 258. The van der Waals surface area contributed by atoms with Crippen molar-refractivity contribution >= 4 is 0 Å². The highest BCUT2D eigenvalue weighted by molar-refractivity contribution is 5.28. The highest BCUT2D eigenvalue weighted by Gasteiger charge is 1.94. The van der Waals surface area contributed by atoms with Crippen LogP contribution in [0.2, 0.25) is 0 Å². The monoisotopic (exact) mass is 194 g/mol. The van der Waals surface area contributed by atoms with Gasteiger partial charge in [0.25, 0.3) is 0 Å². The third-order valence-corrected chi connectivity index (χ3v) is 2.07. The predicted molar refractivity (Wildman–Crippen MR) is 57.8 cm³/mol. The van der Waals surface area contributed by atoms with E-state index < -0.39 is 0 Å². The van der Waals surface area contributed by atoms with Crippen LogP contribution in [0.5, 0.6) is 5.75 Å². The molecule has 2 heteroatoms. The van der Waals surface area contributed by atoms with Gasteiger partial charge in [-0.25, -0.2) is 0 Å². The second kappa shape index (κ2) is 6.44. The normalized spacial score (nSPS) is 10.1. The Hall–Kier alpha value is -1.02. The zero-order chi connectivity index (χ0) is 10.2. The summed E-state index contributed by atoms with van der Waals surface area (Å²) in [5.41, 5.74) is 1.31. The molecule has 78 valence electrons. The Morgan fingerprint density at radius 1 is 1.21 bits per heavy atom. The fourth-order valence-electron chi connectivity index (χ4n) is 1.25. The van der Waals surface area contributed by atoms with Crippen molar-refractivity contribution in [2.24, 2.45) is 0 Å². The molecule has 0 spiro atoms. The molecule has 0 aliphatic heterocycles. The number of hydrogen-bond donors (Lipinski definition) is 0. The van der Waals surface area contributed by atoms with Gasteiger partial charge in [0.1, 0.15) is 5.75 Å². The van der Waals surface area contributed by atoms with E-state index in [-0.39, 0.29) is 0 Å². The predicted octanol–water partition coefficient (Wildman–Crippen LogP) is 2.66. The van der Waals surface area contributed by atoms with Crippen molar-refractivity contribution in [3.8, 4) is 5.75 Å². The number of ether oxygens (including phenoxy) is 2. The first-order valence-electron chi connectivity index (χ1n) is 5.07. The molecule has 14 heavy (non-hydrogen) atoms. The van der Waals surface area contributed by atoms with Crippen LogP contribution in [0.3, 0.4) is 0 Å². The van der Waals surface area contributed by atoms with Crippen LogP contribution >= 0.6 is 0 Å². The number of benzene rings is 1. The summed E-state index contributed by atoms with van der Waals surface area (Å²) in [5.74, 6) is 0.959. The molecule has 0 fully saturated rings. The molecule has 0 atom stereocenters. The topological polar surface area (TPSA) is 18.5 Å². The summed E-state index contributed by atoms with van der Waals surface area (Å²) < 4.78 is 10.5. The quantitative estimate of drug-likeness (QED) is 0.648. The summed E-state index contributed by atoms with van der Waals surface area (Å²) in [4.78, 5) is 0. The minimum absolute atomic E-state index is 0.723. The van der Waals surface area contributed by atoms with Crippen molar-refractivity contribution in [2.75, 3.05) is 20.3 Å². The van der Waals surface area contributed by atoms with E-state index in [1.54, 1.807) is 7.11 Å². The molecule has 0 N–H and O–H groups in total. The average Bonchev–Trinajstić information content (AvgIpc) is 2.25. The van der Waals surface area contributed by atoms with E-state index in [0.29, 0.717) is 0 Å². The van der Waals surface area contributed by atoms with Crippen LogP contribution in [-0.2, 0) is 11.2 Å². The molecule has 0 aromatic heterocycles. The third-order valence-electron chi connectivity index (χ3n) is 2.07. The highest BCUT2D eigenvalue weighted by atomic mass is 16.5. The van der Waals surface area contributed by atoms with Crippen molar-refractivity contribution in [1.29, 1.82) is 0 Å². The van der Waals surface area contributed by atoms with Gasteiger partial charge >= 0.3 is 0 Å². The molecular weight excluding hydrogens is 176 g/mol. The molecule has 0 saturated heterocycles. The van der Waals surface area contributed by atoms with E-state index in [1.165, 1.54) is 5.56 Å². The van der Waals surface area contributed by atoms with Crippen molar-refractivity contribution in [2.45, 2.75) is 19.8 Å². The number of methoxy groups -OCH3 is 1. The van der Waals surface area contributed by atoms with Gasteiger partial charge in [0.05, 0.1) is 6.61 Å². The number of hydrogen-bond acceptors (Lipinski definition) is 2. The maximum Gasteiger partial charge on any atom is 0.119 e. The minimum atomic E-state index is 0.723. The molecule has 2 nitrogen and oxygen atoms in total. The molecule has 1 aromatic carbocycles. The Kier molecular flexibility index (Phi) is 5.08. The van der Waals surface area contributed by atoms with E-state index in [2.05, 4.69) is 19.1 Å². The van der Waals surface area contributed by atoms with Crippen molar-refractivity contribution < 1.29 is 9.47 Å². The van der Waals surface area contributed by atoms with Gasteiger partial charge in [-0.05, 0) is 24.1 Å². The molecule has 0 unspecified atom stereocenters. The standard InChI is InChI=1S/C12H18O2/c1-3-11-6-4-7-12(10-11)14-9-5-8-13-2/h4,6-7,10H,3,5,8-9H2,1-2H3. The second-order valence-corrected chi connectivity index (χ2v) is 3.20. The molecule has 1 aromatic rings. The highest BCUT2D eigenvalue weighted by Crippen LogP contribution is 2.13. The Morgan fingerprint density at radius 3 is 2.79 bits per heavy atom. The maximum atomic E-state index is 5.57. The van der Waals surface area contributed by atoms with E-state index in [9.17, 15) is 0 Å². The van der Waals surface area contributed by atoms with Gasteiger partial charge in [0, 0.05) is 20.1 Å². The summed E-state index contributed by atoms with van der Waals surface area (Å²) in [5, 5.41) is 0. The number of rotatable bonds is 6. The van der Waals surface area contributed by atoms with Gasteiger partial charge in [-0.1, -0.05) is 19.1 Å². The molecule has 0 bridgehead atoms. The Labute approximate surface area is 85.8 Å². The van der Waals surface area contributed by atoms with Crippen LogP contribution < -0.4 is 4.74 Å². The van der Waals surface area contributed by atoms with Gasteiger partial charge in [-0.2, -0.15) is 0 Å². The average molecular weight is 194 g/mol. The van der Waals surface area contributed by atoms with Gasteiger partial charge in [0.2, 0.25) is 0 Å². The minimum Gasteiger partial charge on any atom is -0.493 e. The van der Waals surface area contributed by atoms with E-state index >= 15 is 0 Å². The maximum absolute atomic E-state index is 5.57.